The summed E-state index contributed by atoms with van der Waals surface area (Å²) in [6.07, 6.45) is 0. The Morgan fingerprint density at radius 1 is 0.357 bits per heavy atom. The summed E-state index contributed by atoms with van der Waals surface area (Å²) in [6, 6.07) is 0. The van der Waals surface area contributed by atoms with Crippen molar-refractivity contribution < 1.29 is 51.7 Å². The fourth-order valence-electron chi connectivity index (χ4n) is 0. The van der Waals surface area contributed by atoms with Gasteiger partial charge in [-0.1, -0.05) is 0 Å². The Morgan fingerprint density at radius 2 is 0.357 bits per heavy atom. The van der Waals surface area contributed by atoms with Crippen LogP contribution >= 0.6 is 0 Å². The minimum atomic E-state index is 0. The molecule has 0 unspecified atom stereocenters. The largest absolute Gasteiger partial charge is 4.00 e. The number of rotatable bonds is 0. The maximum atomic E-state index is 3.50. The molecule has 0 N–H and O–H groups in total. The first-order chi connectivity index (χ1) is 5.66. The Labute approximate surface area is 128 Å². The molecule has 80 valence electrons. The topological polar surface area (TPSA) is 56.4 Å². The molecule has 0 aliphatic carbocycles. The van der Waals surface area contributed by atoms with Gasteiger partial charge in [-0.3, -0.25) is 0 Å². The van der Waals surface area contributed by atoms with Crippen LogP contribution in [0.4, 0.5) is 0 Å². The van der Waals surface area contributed by atoms with Crippen molar-refractivity contribution in [2.45, 2.75) is 0 Å². The molecule has 0 saturated carbocycles. The molecule has 0 aliphatic rings. The molecule has 6 heteroatoms. The maximum absolute atomic E-state index is 3.50. The van der Waals surface area contributed by atoms with E-state index in [1.54, 1.807) is 56.4 Å². The van der Waals surface area contributed by atoms with Gasteiger partial charge in [-0.25, -0.2) is 0 Å². The van der Waals surface area contributed by atoms with Crippen molar-refractivity contribution in [2.24, 2.45) is 0 Å². The smallest absolute Gasteiger partial charge is 0.668 e. The summed E-state index contributed by atoms with van der Waals surface area (Å²) in [7, 11) is 14.0. The van der Waals surface area contributed by atoms with E-state index < -0.39 is 0 Å². The molecule has 0 aliphatic heterocycles. The van der Waals surface area contributed by atoms with Gasteiger partial charge in [-0.15, -0.1) is 0 Å². The molecule has 0 aromatic carbocycles. The van der Waals surface area contributed by atoms with Crippen LogP contribution in [0, 0.1) is 0 Å². The van der Waals surface area contributed by atoms with Crippen LogP contribution in [-0.2, 0) is 51.7 Å². The summed E-state index contributed by atoms with van der Waals surface area (Å²) in [5, 5.41) is 14.0. The average molecular weight is 533 g/mol. The second-order valence-electron chi connectivity index (χ2n) is 1.79. The molecule has 0 aromatic rings. The molecule has 0 bridgehead atoms. The number of nitrogens with zero attached hydrogens (tertiary/aromatic N) is 4. The molecule has 0 saturated heterocycles. The van der Waals surface area contributed by atoms with Gasteiger partial charge in [0.15, 0.2) is 0 Å². The van der Waals surface area contributed by atoms with Crippen molar-refractivity contribution in [3.05, 3.63) is 21.3 Å². The van der Waals surface area contributed by atoms with Gasteiger partial charge >= 0.3 is 51.7 Å². The average Bonchev–Trinajstić information content (AvgIpc) is 1.92. The van der Waals surface area contributed by atoms with E-state index >= 15 is 0 Å². The van der Waals surface area contributed by atoms with Crippen LogP contribution in [0.2, 0.25) is 0 Å². The first kappa shape index (κ1) is 36.1. The molecule has 0 radical (unpaired) electrons. The fraction of sp³-hybridized carbons (Fsp3) is 1.00. The van der Waals surface area contributed by atoms with Gasteiger partial charge in [0, 0.05) is 0 Å². The SMILES string of the molecule is C[N-]C.C[N-]C.C[N-]C.C[N-]C.[Hf+4].[Hf+4]. The molecule has 0 rings (SSSR count). The third kappa shape index (κ3) is 861. The minimum Gasteiger partial charge on any atom is -0.668 e. The van der Waals surface area contributed by atoms with Crippen LogP contribution in [0.5, 0.6) is 0 Å². The van der Waals surface area contributed by atoms with Crippen LogP contribution < -0.4 is 0 Å². The van der Waals surface area contributed by atoms with Crippen molar-refractivity contribution >= 4 is 0 Å². The quantitative estimate of drug-likeness (QED) is 0.430. The first-order valence-electron chi connectivity index (χ1n) is 3.58. The van der Waals surface area contributed by atoms with Crippen LogP contribution in [0.3, 0.4) is 0 Å². The molecule has 0 aromatic heterocycles. The summed E-state index contributed by atoms with van der Waals surface area (Å²) in [5.41, 5.74) is 0. The second-order valence-corrected chi connectivity index (χ2v) is 1.79. The Kier molecular flexibility index (Phi) is 223. The molecule has 0 atom stereocenters. The van der Waals surface area contributed by atoms with Crippen LogP contribution in [0.15, 0.2) is 0 Å². The van der Waals surface area contributed by atoms with Crippen molar-refractivity contribution in [3.8, 4) is 0 Å². The second kappa shape index (κ2) is 86.4. The fourth-order valence-corrected chi connectivity index (χ4v) is 0. The Hall–Kier alpha value is 1.58. The normalized spacial score (nSPS) is 5.14. The summed E-state index contributed by atoms with van der Waals surface area (Å²) in [4.78, 5) is 0. The molecule has 0 spiro atoms. The molecular weight excluding hydrogens is 509 g/mol. The number of hydrogen-bond acceptors (Lipinski definition) is 0. The molecule has 0 heterocycles. The number of hydrogen-bond donors (Lipinski definition) is 0. The Balaban J connectivity index is -0.0000000145. The Bertz CT molecular complexity index is 27.3. The van der Waals surface area contributed by atoms with E-state index in [0.717, 1.165) is 0 Å². The van der Waals surface area contributed by atoms with E-state index in [-0.39, 0.29) is 51.7 Å². The van der Waals surface area contributed by atoms with Crippen molar-refractivity contribution in [2.75, 3.05) is 56.4 Å². The van der Waals surface area contributed by atoms with E-state index in [2.05, 4.69) is 21.3 Å². The van der Waals surface area contributed by atoms with Gasteiger partial charge in [0.05, 0.1) is 0 Å². The van der Waals surface area contributed by atoms with Crippen LogP contribution in [0.25, 0.3) is 21.3 Å². The zero-order chi connectivity index (χ0) is 10.8. The summed E-state index contributed by atoms with van der Waals surface area (Å²) < 4.78 is 0. The molecular formula is C8H24Hf2N4+4. The van der Waals surface area contributed by atoms with Gasteiger partial charge in [0.2, 0.25) is 0 Å². The van der Waals surface area contributed by atoms with Gasteiger partial charge in [0.25, 0.3) is 0 Å². The van der Waals surface area contributed by atoms with Crippen molar-refractivity contribution in [3.63, 3.8) is 0 Å². The molecule has 0 fully saturated rings. The molecule has 14 heavy (non-hydrogen) atoms. The third-order valence-corrected chi connectivity index (χ3v) is 0. The van der Waals surface area contributed by atoms with Gasteiger partial charge in [0.1, 0.15) is 0 Å². The maximum Gasteiger partial charge on any atom is 4.00 e. The minimum absolute atomic E-state index is 0. The molecule has 0 amide bonds. The Morgan fingerprint density at radius 3 is 0.357 bits per heavy atom. The van der Waals surface area contributed by atoms with Crippen LogP contribution in [0.1, 0.15) is 0 Å². The van der Waals surface area contributed by atoms with Crippen molar-refractivity contribution in [1.82, 2.24) is 0 Å². The van der Waals surface area contributed by atoms with Gasteiger partial charge in [-0.05, 0) is 0 Å². The monoisotopic (exact) mass is 536 g/mol. The van der Waals surface area contributed by atoms with Crippen molar-refractivity contribution in [1.29, 1.82) is 0 Å². The van der Waals surface area contributed by atoms with E-state index in [9.17, 15) is 0 Å². The zero-order valence-corrected chi connectivity index (χ0v) is 18.0. The summed E-state index contributed by atoms with van der Waals surface area (Å²) in [6.45, 7) is 0. The predicted octanol–water partition coefficient (Wildman–Crippen LogP) is 2.47. The molecule has 4 nitrogen and oxygen atoms in total. The summed E-state index contributed by atoms with van der Waals surface area (Å²) in [5.74, 6) is 0. The van der Waals surface area contributed by atoms with E-state index in [1.165, 1.54) is 0 Å². The van der Waals surface area contributed by atoms with E-state index in [0.29, 0.717) is 0 Å². The van der Waals surface area contributed by atoms with Gasteiger partial charge in [-0.2, -0.15) is 56.4 Å². The van der Waals surface area contributed by atoms with Gasteiger partial charge < -0.3 is 21.3 Å². The first-order valence-corrected chi connectivity index (χ1v) is 3.58. The van der Waals surface area contributed by atoms with Crippen LogP contribution in [-0.4, -0.2) is 56.4 Å². The third-order valence-electron chi connectivity index (χ3n) is 0. The van der Waals surface area contributed by atoms with E-state index in [4.69, 9.17) is 0 Å². The van der Waals surface area contributed by atoms with E-state index in [1.807, 2.05) is 0 Å². The summed E-state index contributed by atoms with van der Waals surface area (Å²) >= 11 is 0. The zero-order valence-electron chi connectivity index (χ0n) is 10.8. The predicted molar refractivity (Wildman–Crippen MR) is 60.8 cm³/mol. The standard InChI is InChI=1S/4C2H6N.2Hf/c4*1-3-2;;/h4*1-2H3;;/q4*-1;2*+4.